The molecule has 0 aliphatic rings. The smallest absolute Gasteiger partial charge is 0.119 e. The van der Waals surface area contributed by atoms with Crippen LogP contribution in [0.15, 0.2) is 29.2 Å². The van der Waals surface area contributed by atoms with Gasteiger partial charge >= 0.3 is 0 Å². The van der Waals surface area contributed by atoms with Crippen LogP contribution in [-0.4, -0.2) is 19.8 Å². The Morgan fingerprint density at radius 2 is 1.85 bits per heavy atom. The molecule has 1 aromatic carbocycles. The zero-order chi connectivity index (χ0) is 9.52. The van der Waals surface area contributed by atoms with E-state index in [2.05, 4.69) is 12.6 Å². The lowest BCUT2D eigenvalue weighted by molar-refractivity contribution is 0.110. The summed E-state index contributed by atoms with van der Waals surface area (Å²) in [5.74, 6) is 0.859. The maximum absolute atomic E-state index is 5.40. The van der Waals surface area contributed by atoms with Crippen LogP contribution in [0.1, 0.15) is 6.92 Å². The minimum absolute atomic E-state index is 0.597. The van der Waals surface area contributed by atoms with Crippen molar-refractivity contribution in [3.05, 3.63) is 24.3 Å². The van der Waals surface area contributed by atoms with Gasteiger partial charge in [0, 0.05) is 11.5 Å². The Kier molecular flexibility index (Phi) is 4.72. The quantitative estimate of drug-likeness (QED) is 0.578. The molecule has 2 nitrogen and oxygen atoms in total. The second-order valence-corrected chi connectivity index (χ2v) is 3.06. The molecule has 0 saturated carbocycles. The van der Waals surface area contributed by atoms with E-state index >= 15 is 0 Å². The molecule has 0 unspecified atom stereocenters. The van der Waals surface area contributed by atoms with E-state index in [0.29, 0.717) is 13.2 Å². The van der Waals surface area contributed by atoms with E-state index in [4.69, 9.17) is 9.47 Å². The third kappa shape index (κ3) is 4.20. The number of rotatable bonds is 5. The number of hydrogen-bond acceptors (Lipinski definition) is 3. The van der Waals surface area contributed by atoms with E-state index in [1.165, 1.54) is 0 Å². The average Bonchev–Trinajstić information content (AvgIpc) is 2.15. The van der Waals surface area contributed by atoms with Gasteiger partial charge in [-0.2, -0.15) is 0 Å². The summed E-state index contributed by atoms with van der Waals surface area (Å²) in [6.07, 6.45) is 0. The van der Waals surface area contributed by atoms with Crippen molar-refractivity contribution in [3.8, 4) is 5.75 Å². The molecule has 1 aromatic rings. The molecule has 0 radical (unpaired) electrons. The molecule has 0 N–H and O–H groups in total. The summed E-state index contributed by atoms with van der Waals surface area (Å²) in [6, 6.07) is 7.60. The molecule has 1 rings (SSSR count). The van der Waals surface area contributed by atoms with Gasteiger partial charge in [-0.25, -0.2) is 0 Å². The Hall–Kier alpha value is -0.670. The fourth-order valence-corrected chi connectivity index (χ4v) is 1.05. The van der Waals surface area contributed by atoms with Gasteiger partial charge < -0.3 is 9.47 Å². The summed E-state index contributed by atoms with van der Waals surface area (Å²) in [5, 5.41) is 0. The van der Waals surface area contributed by atoms with Gasteiger partial charge in [0.2, 0.25) is 0 Å². The maximum Gasteiger partial charge on any atom is 0.119 e. The molecule has 72 valence electrons. The summed E-state index contributed by atoms with van der Waals surface area (Å²) in [4.78, 5) is 0.942. The molecule has 0 heterocycles. The molecule has 3 heteroatoms. The lowest BCUT2D eigenvalue weighted by Crippen LogP contribution is -2.05. The van der Waals surface area contributed by atoms with Crippen LogP contribution in [0.4, 0.5) is 0 Å². The molecule has 0 aliphatic heterocycles. The van der Waals surface area contributed by atoms with E-state index in [1.54, 1.807) is 0 Å². The standard InChI is InChI=1S/C10H14O2S/c1-2-11-7-8-12-9-3-5-10(13)6-4-9/h3-6,13H,2,7-8H2,1H3. The molecular weight excluding hydrogens is 184 g/mol. The lowest BCUT2D eigenvalue weighted by Gasteiger charge is -2.05. The minimum atomic E-state index is 0.597. The lowest BCUT2D eigenvalue weighted by atomic mass is 10.3. The molecule has 0 spiro atoms. The van der Waals surface area contributed by atoms with Gasteiger partial charge in [-0.05, 0) is 31.2 Å². The van der Waals surface area contributed by atoms with Crippen molar-refractivity contribution in [2.75, 3.05) is 19.8 Å². The zero-order valence-corrected chi connectivity index (χ0v) is 8.59. The first-order valence-electron chi connectivity index (χ1n) is 4.32. The molecule has 0 amide bonds. The average molecular weight is 198 g/mol. The fourth-order valence-electron chi connectivity index (χ4n) is 0.905. The van der Waals surface area contributed by atoms with Gasteiger partial charge in [-0.3, -0.25) is 0 Å². The van der Waals surface area contributed by atoms with Crippen molar-refractivity contribution in [3.63, 3.8) is 0 Å². The van der Waals surface area contributed by atoms with Gasteiger partial charge in [-0.1, -0.05) is 0 Å². The van der Waals surface area contributed by atoms with Crippen LogP contribution in [0, 0.1) is 0 Å². The third-order valence-corrected chi connectivity index (χ3v) is 1.84. The van der Waals surface area contributed by atoms with E-state index in [1.807, 2.05) is 31.2 Å². The van der Waals surface area contributed by atoms with Gasteiger partial charge in [-0.15, -0.1) is 12.6 Å². The van der Waals surface area contributed by atoms with Gasteiger partial charge in [0.25, 0.3) is 0 Å². The van der Waals surface area contributed by atoms with Crippen LogP contribution < -0.4 is 4.74 Å². The number of thiol groups is 1. The second kappa shape index (κ2) is 5.89. The summed E-state index contributed by atoms with van der Waals surface area (Å²) in [7, 11) is 0. The number of hydrogen-bond donors (Lipinski definition) is 1. The van der Waals surface area contributed by atoms with Crippen molar-refractivity contribution < 1.29 is 9.47 Å². The van der Waals surface area contributed by atoms with Gasteiger partial charge in [0.1, 0.15) is 12.4 Å². The highest BCUT2D eigenvalue weighted by Crippen LogP contribution is 2.13. The Bertz CT molecular complexity index is 233. The number of ether oxygens (including phenoxy) is 2. The minimum Gasteiger partial charge on any atom is -0.491 e. The van der Waals surface area contributed by atoms with Crippen molar-refractivity contribution in [1.82, 2.24) is 0 Å². The maximum atomic E-state index is 5.40. The molecule has 0 saturated heterocycles. The molecule has 0 aliphatic carbocycles. The van der Waals surface area contributed by atoms with Crippen molar-refractivity contribution in [2.45, 2.75) is 11.8 Å². The SMILES string of the molecule is CCOCCOc1ccc(S)cc1. The van der Waals surface area contributed by atoms with Crippen LogP contribution >= 0.6 is 12.6 Å². The van der Waals surface area contributed by atoms with E-state index in [-0.39, 0.29) is 0 Å². The monoisotopic (exact) mass is 198 g/mol. The Balaban J connectivity index is 2.25. The van der Waals surface area contributed by atoms with Gasteiger partial charge in [0.05, 0.1) is 6.61 Å². The van der Waals surface area contributed by atoms with Crippen LogP contribution in [0.5, 0.6) is 5.75 Å². The van der Waals surface area contributed by atoms with Crippen LogP contribution in [0.2, 0.25) is 0 Å². The van der Waals surface area contributed by atoms with Crippen molar-refractivity contribution in [2.24, 2.45) is 0 Å². The van der Waals surface area contributed by atoms with Crippen LogP contribution in [-0.2, 0) is 4.74 Å². The first kappa shape index (κ1) is 10.4. The van der Waals surface area contributed by atoms with Gasteiger partial charge in [0.15, 0.2) is 0 Å². The molecule has 0 aromatic heterocycles. The summed E-state index contributed by atoms with van der Waals surface area (Å²) >= 11 is 4.18. The summed E-state index contributed by atoms with van der Waals surface area (Å²) in [6.45, 7) is 3.94. The largest absolute Gasteiger partial charge is 0.491 e. The highest BCUT2D eigenvalue weighted by molar-refractivity contribution is 7.80. The first-order valence-corrected chi connectivity index (χ1v) is 4.77. The normalized spacial score (nSPS) is 10.0. The highest BCUT2D eigenvalue weighted by Gasteiger charge is 1.92. The Labute approximate surface area is 84.3 Å². The topological polar surface area (TPSA) is 18.5 Å². The third-order valence-electron chi connectivity index (χ3n) is 1.54. The van der Waals surface area contributed by atoms with E-state index < -0.39 is 0 Å². The second-order valence-electron chi connectivity index (χ2n) is 2.54. The van der Waals surface area contributed by atoms with Crippen molar-refractivity contribution >= 4 is 12.6 Å². The fraction of sp³-hybridized carbons (Fsp3) is 0.400. The number of benzene rings is 1. The molecule has 0 atom stereocenters. The molecule has 0 bridgehead atoms. The van der Waals surface area contributed by atoms with Crippen molar-refractivity contribution in [1.29, 1.82) is 0 Å². The Morgan fingerprint density at radius 3 is 2.46 bits per heavy atom. The first-order chi connectivity index (χ1) is 6.33. The molecule has 13 heavy (non-hydrogen) atoms. The zero-order valence-electron chi connectivity index (χ0n) is 7.69. The highest BCUT2D eigenvalue weighted by atomic mass is 32.1. The predicted molar refractivity (Wildman–Crippen MR) is 55.7 cm³/mol. The van der Waals surface area contributed by atoms with Crippen LogP contribution in [0.25, 0.3) is 0 Å². The predicted octanol–water partition coefficient (Wildman–Crippen LogP) is 2.39. The summed E-state index contributed by atoms with van der Waals surface area (Å²) < 4.78 is 10.5. The molecular formula is C10H14O2S. The summed E-state index contributed by atoms with van der Waals surface area (Å²) in [5.41, 5.74) is 0. The molecule has 0 fully saturated rings. The Morgan fingerprint density at radius 1 is 1.15 bits per heavy atom. The van der Waals surface area contributed by atoms with Crippen LogP contribution in [0.3, 0.4) is 0 Å². The van der Waals surface area contributed by atoms with E-state index in [0.717, 1.165) is 17.3 Å². The van der Waals surface area contributed by atoms with E-state index in [9.17, 15) is 0 Å².